The summed E-state index contributed by atoms with van der Waals surface area (Å²) in [4.78, 5) is 23.9. The van der Waals surface area contributed by atoms with E-state index in [0.29, 0.717) is 19.5 Å². The molecule has 0 radical (unpaired) electrons. The van der Waals surface area contributed by atoms with Crippen molar-refractivity contribution in [3.8, 4) is 0 Å². The molecule has 17 heavy (non-hydrogen) atoms. The molecule has 0 aromatic heterocycles. The maximum Gasteiger partial charge on any atom is 0.317 e. The maximum absolute atomic E-state index is 11.7. The number of nitrogens with one attached hydrogen (secondary N) is 1. The molecule has 1 aliphatic heterocycles. The molecule has 0 spiro atoms. The van der Waals surface area contributed by atoms with Crippen molar-refractivity contribution in [3.05, 3.63) is 0 Å². The number of likely N-dealkylation sites (tertiary alicyclic amines) is 1. The number of aliphatic hydroxyl groups is 1. The molecule has 98 valence electrons. The van der Waals surface area contributed by atoms with Gasteiger partial charge in [0.1, 0.15) is 0 Å². The van der Waals surface area contributed by atoms with Crippen LogP contribution in [0.3, 0.4) is 0 Å². The lowest BCUT2D eigenvalue weighted by atomic mass is 10.1. The number of aliphatic hydroxyl groups excluding tert-OH is 1. The molecule has 2 atom stereocenters. The number of amides is 2. The first kappa shape index (κ1) is 13.8. The van der Waals surface area contributed by atoms with Crippen LogP contribution in [0, 0.1) is 5.92 Å². The van der Waals surface area contributed by atoms with Gasteiger partial charge in [0.05, 0.1) is 18.6 Å². The van der Waals surface area contributed by atoms with Gasteiger partial charge in [0.15, 0.2) is 0 Å². The third kappa shape index (κ3) is 3.89. The second-order valence-corrected chi connectivity index (χ2v) is 4.43. The summed E-state index contributed by atoms with van der Waals surface area (Å²) in [6.07, 6.45) is 2.15. The first-order valence-corrected chi connectivity index (χ1v) is 5.94. The third-order valence-corrected chi connectivity index (χ3v) is 3.12. The van der Waals surface area contributed by atoms with Crippen molar-refractivity contribution in [2.45, 2.75) is 32.2 Å². The van der Waals surface area contributed by atoms with Crippen LogP contribution in [0.2, 0.25) is 0 Å². The van der Waals surface area contributed by atoms with Gasteiger partial charge in [-0.15, -0.1) is 0 Å². The Bertz CT molecular complexity index is 283. The molecular weight excluding hydrogens is 224 g/mol. The predicted molar refractivity (Wildman–Crippen MR) is 61.6 cm³/mol. The number of rotatable bonds is 5. The van der Waals surface area contributed by atoms with E-state index in [-0.39, 0.29) is 18.7 Å². The molecule has 0 aromatic rings. The van der Waals surface area contributed by atoms with Gasteiger partial charge in [-0.3, -0.25) is 4.79 Å². The van der Waals surface area contributed by atoms with Crippen LogP contribution in [-0.2, 0) is 4.79 Å². The Morgan fingerprint density at radius 3 is 2.82 bits per heavy atom. The summed E-state index contributed by atoms with van der Waals surface area (Å²) < 4.78 is 0. The average Bonchev–Trinajstić information content (AvgIpc) is 2.76. The molecule has 0 bridgehead atoms. The summed E-state index contributed by atoms with van der Waals surface area (Å²) in [5.74, 6) is -1.31. The fourth-order valence-electron chi connectivity index (χ4n) is 1.91. The van der Waals surface area contributed by atoms with Gasteiger partial charge < -0.3 is 20.4 Å². The highest BCUT2D eigenvalue weighted by Crippen LogP contribution is 2.16. The molecule has 1 aliphatic rings. The summed E-state index contributed by atoms with van der Waals surface area (Å²) in [5, 5.41) is 20.4. The SMILES string of the molecule is CC(CCNC(=O)N1CCCC1CO)C(=O)O. The van der Waals surface area contributed by atoms with Crippen LogP contribution in [-0.4, -0.2) is 52.9 Å². The molecule has 0 aromatic carbocycles. The van der Waals surface area contributed by atoms with E-state index in [1.54, 1.807) is 11.8 Å². The number of carbonyl (C=O) groups excluding carboxylic acids is 1. The van der Waals surface area contributed by atoms with Crippen molar-refractivity contribution >= 4 is 12.0 Å². The molecule has 1 saturated heterocycles. The molecule has 1 heterocycles. The van der Waals surface area contributed by atoms with Gasteiger partial charge in [-0.05, 0) is 19.3 Å². The number of hydrogen-bond acceptors (Lipinski definition) is 3. The lowest BCUT2D eigenvalue weighted by Gasteiger charge is -2.23. The lowest BCUT2D eigenvalue weighted by Crippen LogP contribution is -2.44. The number of carboxylic acid groups (broad SMARTS) is 1. The zero-order valence-electron chi connectivity index (χ0n) is 10.1. The fraction of sp³-hybridized carbons (Fsp3) is 0.818. The summed E-state index contributed by atoms with van der Waals surface area (Å²) in [7, 11) is 0. The second kappa shape index (κ2) is 6.44. The Morgan fingerprint density at radius 1 is 1.53 bits per heavy atom. The van der Waals surface area contributed by atoms with Gasteiger partial charge in [0.2, 0.25) is 0 Å². The number of urea groups is 1. The molecule has 6 nitrogen and oxygen atoms in total. The first-order valence-electron chi connectivity index (χ1n) is 5.94. The van der Waals surface area contributed by atoms with E-state index in [0.717, 1.165) is 12.8 Å². The number of hydrogen-bond donors (Lipinski definition) is 3. The Labute approximate surface area is 101 Å². The van der Waals surface area contributed by atoms with Crippen molar-refractivity contribution < 1.29 is 19.8 Å². The zero-order valence-corrected chi connectivity index (χ0v) is 10.1. The van der Waals surface area contributed by atoms with Crippen molar-refractivity contribution in [3.63, 3.8) is 0 Å². The Hall–Kier alpha value is -1.30. The van der Waals surface area contributed by atoms with Gasteiger partial charge in [0.25, 0.3) is 0 Å². The smallest absolute Gasteiger partial charge is 0.317 e. The largest absolute Gasteiger partial charge is 0.481 e. The van der Waals surface area contributed by atoms with Crippen LogP contribution in [0.4, 0.5) is 4.79 Å². The maximum atomic E-state index is 11.7. The number of carbonyl (C=O) groups is 2. The Kier molecular flexibility index (Phi) is 5.21. The first-order chi connectivity index (χ1) is 8.06. The van der Waals surface area contributed by atoms with Crippen LogP contribution >= 0.6 is 0 Å². The molecule has 2 amide bonds. The Morgan fingerprint density at radius 2 is 2.24 bits per heavy atom. The van der Waals surface area contributed by atoms with E-state index >= 15 is 0 Å². The van der Waals surface area contributed by atoms with Crippen LogP contribution in [0.5, 0.6) is 0 Å². The second-order valence-electron chi connectivity index (χ2n) is 4.43. The minimum absolute atomic E-state index is 0.0149. The summed E-state index contributed by atoms with van der Waals surface area (Å²) in [6.45, 7) is 2.60. The molecular formula is C11H20N2O4. The highest BCUT2D eigenvalue weighted by atomic mass is 16.4. The minimum atomic E-state index is -0.853. The van der Waals surface area contributed by atoms with E-state index in [2.05, 4.69) is 5.32 Å². The summed E-state index contributed by atoms with van der Waals surface area (Å²) in [5.41, 5.74) is 0. The Balaban J connectivity index is 2.27. The monoisotopic (exact) mass is 244 g/mol. The van der Waals surface area contributed by atoms with E-state index in [1.165, 1.54) is 0 Å². The molecule has 3 N–H and O–H groups in total. The van der Waals surface area contributed by atoms with Crippen LogP contribution < -0.4 is 5.32 Å². The molecule has 2 unspecified atom stereocenters. The van der Waals surface area contributed by atoms with E-state index in [1.807, 2.05) is 0 Å². The topological polar surface area (TPSA) is 89.9 Å². The van der Waals surface area contributed by atoms with Gasteiger partial charge in [0, 0.05) is 13.1 Å². The van der Waals surface area contributed by atoms with Crippen molar-refractivity contribution in [2.24, 2.45) is 5.92 Å². The number of nitrogens with zero attached hydrogens (tertiary/aromatic N) is 1. The molecule has 6 heteroatoms. The quantitative estimate of drug-likeness (QED) is 0.647. The zero-order chi connectivity index (χ0) is 12.8. The molecule has 0 saturated carbocycles. The van der Waals surface area contributed by atoms with E-state index in [4.69, 9.17) is 10.2 Å². The van der Waals surface area contributed by atoms with Crippen LogP contribution in [0.25, 0.3) is 0 Å². The minimum Gasteiger partial charge on any atom is -0.481 e. The molecule has 1 fully saturated rings. The van der Waals surface area contributed by atoms with Crippen molar-refractivity contribution in [1.82, 2.24) is 10.2 Å². The highest BCUT2D eigenvalue weighted by molar-refractivity contribution is 5.75. The predicted octanol–water partition coefficient (Wildman–Crippen LogP) is 0.263. The molecule has 0 aliphatic carbocycles. The van der Waals surface area contributed by atoms with E-state index < -0.39 is 11.9 Å². The summed E-state index contributed by atoms with van der Waals surface area (Å²) in [6, 6.07) is -0.300. The normalized spacial score (nSPS) is 21.3. The van der Waals surface area contributed by atoms with Crippen molar-refractivity contribution in [2.75, 3.05) is 19.7 Å². The van der Waals surface area contributed by atoms with Crippen molar-refractivity contribution in [1.29, 1.82) is 0 Å². The van der Waals surface area contributed by atoms with Gasteiger partial charge in [-0.2, -0.15) is 0 Å². The highest BCUT2D eigenvalue weighted by Gasteiger charge is 2.27. The average molecular weight is 244 g/mol. The van der Waals surface area contributed by atoms with Crippen LogP contribution in [0.1, 0.15) is 26.2 Å². The van der Waals surface area contributed by atoms with E-state index in [9.17, 15) is 9.59 Å². The van der Waals surface area contributed by atoms with Crippen LogP contribution in [0.15, 0.2) is 0 Å². The number of carboxylic acids is 1. The standard InChI is InChI=1S/C11H20N2O4/c1-8(10(15)16)4-5-12-11(17)13-6-2-3-9(13)7-14/h8-9,14H,2-7H2,1H3,(H,12,17)(H,15,16). The molecule has 1 rings (SSSR count). The third-order valence-electron chi connectivity index (χ3n) is 3.12. The van der Waals surface area contributed by atoms with Gasteiger partial charge in [-0.1, -0.05) is 6.92 Å². The fourth-order valence-corrected chi connectivity index (χ4v) is 1.91. The number of aliphatic carboxylic acids is 1. The van der Waals surface area contributed by atoms with Gasteiger partial charge in [-0.25, -0.2) is 4.79 Å². The van der Waals surface area contributed by atoms with Gasteiger partial charge >= 0.3 is 12.0 Å². The lowest BCUT2D eigenvalue weighted by molar-refractivity contribution is -0.141. The summed E-state index contributed by atoms with van der Waals surface area (Å²) >= 11 is 0.